The fraction of sp³-hybridized carbons (Fsp3) is 0.370. The lowest BCUT2D eigenvalue weighted by atomic mass is 9.79. The van der Waals surface area contributed by atoms with Gasteiger partial charge in [0.15, 0.2) is 0 Å². The monoisotopic (exact) mass is 1210 g/mol. The minimum atomic E-state index is -1.25. The summed E-state index contributed by atoms with van der Waals surface area (Å²) in [5, 5.41) is 59.8. The molecule has 4 aliphatic rings. The van der Waals surface area contributed by atoms with Gasteiger partial charge in [-0.15, -0.1) is 16.8 Å². The molecular weight excluding hydrogens is 1150 g/mol. The molecule has 0 unspecified atom stereocenters. The number of thioether (sulfide) groups is 1. The number of hydrogen-bond acceptors (Lipinski definition) is 21. The van der Waals surface area contributed by atoms with E-state index in [1.54, 1.807) is 6.92 Å². The smallest absolute Gasteiger partial charge is 0.437 e. The normalized spacial score (nSPS) is 20.0. The van der Waals surface area contributed by atoms with E-state index >= 15 is 0 Å². The van der Waals surface area contributed by atoms with E-state index in [9.17, 15) is 79.1 Å². The van der Waals surface area contributed by atoms with E-state index in [1.165, 1.54) is 126 Å². The number of aliphatic hydroxyl groups excluding tert-OH is 1. The molecule has 4 aromatic carbocycles. The van der Waals surface area contributed by atoms with Crippen LogP contribution in [0.5, 0.6) is 0 Å². The number of benzene rings is 4. The van der Waals surface area contributed by atoms with Gasteiger partial charge in [0.25, 0.3) is 22.7 Å². The summed E-state index contributed by atoms with van der Waals surface area (Å²) in [6, 6.07) is 18.3. The molecule has 3 saturated heterocycles. The van der Waals surface area contributed by atoms with E-state index in [4.69, 9.17) is 18.9 Å². The maximum Gasteiger partial charge on any atom is 0.437 e. The van der Waals surface area contributed by atoms with Crippen molar-refractivity contribution in [3.63, 3.8) is 0 Å². The third kappa shape index (κ3) is 14.8. The first kappa shape index (κ1) is 61.9. The van der Waals surface area contributed by atoms with Crippen LogP contribution < -0.4 is 10.6 Å². The lowest BCUT2D eigenvalue weighted by Gasteiger charge is -2.46. The van der Waals surface area contributed by atoms with Gasteiger partial charge >= 0.3 is 24.2 Å². The number of hydrogen-bond donors (Lipinski definition) is 3. The number of carbonyl (C=O) groups excluding carboxylic acids is 7. The Bertz CT molecular complexity index is 3380. The molecule has 0 bridgehead atoms. The second-order valence-electron chi connectivity index (χ2n) is 20.3. The number of rotatable bonds is 20. The molecule has 3 N–H and O–H groups in total. The number of alkyl carbamates (subject to hydrolysis) is 1. The fourth-order valence-electron chi connectivity index (χ4n) is 10.1. The SMILES string of the molecule is C[C@@H](O)[C@H]1C(=O)N2C(C(=O)OCc3ccc([N+](=O)[O-])cc3)=C(S[C@H]3C[C@@H](C(=O)N4CC[C@H](NC(=O)CN(C)C(=NC(=O)OCc5ccc([N+](=O)[O-])cc5)NC(=O)OCc5ccc([N+](=O)[O-])cc5)C4)N(C(=O)OCc4ccc([N+](=O)[O-])cc4)C3)[C@H](C)[C@H]12. The van der Waals surface area contributed by atoms with Gasteiger partial charge in [-0.25, -0.2) is 19.2 Å². The summed E-state index contributed by atoms with van der Waals surface area (Å²) in [6.45, 7) is 1.19. The van der Waals surface area contributed by atoms with Gasteiger partial charge in [-0.1, -0.05) is 6.92 Å². The molecule has 8 rings (SSSR count). The van der Waals surface area contributed by atoms with Crippen LogP contribution >= 0.6 is 11.8 Å². The number of guanidine groups is 1. The third-order valence-electron chi connectivity index (χ3n) is 14.4. The van der Waals surface area contributed by atoms with Gasteiger partial charge in [-0.05, 0) is 90.6 Å². The molecule has 32 heteroatoms. The highest BCUT2D eigenvalue weighted by atomic mass is 32.2. The predicted octanol–water partition coefficient (Wildman–Crippen LogP) is 5.21. The van der Waals surface area contributed by atoms with E-state index in [1.807, 2.05) is 0 Å². The minimum Gasteiger partial charge on any atom is -0.456 e. The molecule has 86 heavy (non-hydrogen) atoms. The van der Waals surface area contributed by atoms with Crippen molar-refractivity contribution in [1.29, 1.82) is 0 Å². The number of nitro benzene ring substituents is 4. The molecule has 0 aromatic heterocycles. The van der Waals surface area contributed by atoms with Crippen LogP contribution in [0.3, 0.4) is 0 Å². The summed E-state index contributed by atoms with van der Waals surface area (Å²) in [7, 11) is 1.30. The zero-order chi connectivity index (χ0) is 62.1. The Morgan fingerprint density at radius 2 is 1.20 bits per heavy atom. The number of aliphatic imine (C=N–C) groups is 1. The van der Waals surface area contributed by atoms with Crippen LogP contribution in [0, 0.1) is 52.3 Å². The van der Waals surface area contributed by atoms with Crippen molar-refractivity contribution in [1.82, 2.24) is 30.2 Å². The number of carbonyl (C=O) groups is 7. The predicted molar refractivity (Wildman–Crippen MR) is 298 cm³/mol. The Labute approximate surface area is 491 Å². The maximum absolute atomic E-state index is 14.7. The first-order chi connectivity index (χ1) is 40.9. The molecule has 0 aliphatic carbocycles. The zero-order valence-electron chi connectivity index (χ0n) is 46.0. The average Bonchev–Trinajstić information content (AvgIpc) is 1.57. The molecule has 3 fully saturated rings. The molecule has 452 valence electrons. The van der Waals surface area contributed by atoms with Crippen molar-refractivity contribution >= 4 is 82.4 Å². The number of nitro groups is 4. The minimum absolute atomic E-state index is 0.00400. The Morgan fingerprint density at radius 3 is 1.69 bits per heavy atom. The first-order valence-electron chi connectivity index (χ1n) is 26.4. The van der Waals surface area contributed by atoms with Crippen LogP contribution in [-0.4, -0.2) is 155 Å². The number of nitrogens with one attached hydrogen (secondary N) is 2. The highest BCUT2D eigenvalue weighted by molar-refractivity contribution is 8.03. The third-order valence-corrected chi connectivity index (χ3v) is 15.9. The van der Waals surface area contributed by atoms with Gasteiger partial charge < -0.3 is 44.1 Å². The van der Waals surface area contributed by atoms with Crippen molar-refractivity contribution in [3.05, 3.63) is 170 Å². The second kappa shape index (κ2) is 27.1. The van der Waals surface area contributed by atoms with Gasteiger partial charge in [0, 0.05) is 97.3 Å². The Hall–Kier alpha value is -10.1. The summed E-state index contributed by atoms with van der Waals surface area (Å²) < 4.78 is 21.8. The van der Waals surface area contributed by atoms with Crippen LogP contribution in [0.25, 0.3) is 0 Å². The molecule has 6 amide bonds. The highest BCUT2D eigenvalue weighted by Crippen LogP contribution is 2.52. The van der Waals surface area contributed by atoms with Crippen molar-refractivity contribution in [2.75, 3.05) is 33.2 Å². The molecule has 7 atom stereocenters. The number of ether oxygens (including phenoxy) is 4. The first-order valence-corrected chi connectivity index (χ1v) is 27.3. The number of esters is 1. The number of fused-ring (bicyclic) bond motifs is 1. The summed E-state index contributed by atoms with van der Waals surface area (Å²) in [5.74, 6) is -4.53. The van der Waals surface area contributed by atoms with Gasteiger partial charge in [0.2, 0.25) is 23.7 Å². The quantitative estimate of drug-likeness (QED) is 0.0194. The Balaban J connectivity index is 0.954. The highest BCUT2D eigenvalue weighted by Gasteiger charge is 2.61. The number of β-lactam (4-membered cyclic amide) rings is 1. The fourth-order valence-corrected chi connectivity index (χ4v) is 11.6. The van der Waals surface area contributed by atoms with E-state index in [0.717, 1.165) is 16.7 Å². The molecule has 31 nitrogen and oxygen atoms in total. The van der Waals surface area contributed by atoms with E-state index in [0.29, 0.717) is 27.2 Å². The van der Waals surface area contributed by atoms with Gasteiger partial charge in [-0.3, -0.25) is 65.1 Å². The van der Waals surface area contributed by atoms with E-state index in [-0.39, 0.29) is 80.7 Å². The number of amides is 6. The summed E-state index contributed by atoms with van der Waals surface area (Å²) >= 11 is 1.15. The Kier molecular flexibility index (Phi) is 19.5. The Morgan fingerprint density at radius 1 is 0.721 bits per heavy atom. The van der Waals surface area contributed by atoms with Gasteiger partial charge in [0.1, 0.15) is 38.2 Å². The zero-order valence-corrected chi connectivity index (χ0v) is 46.8. The van der Waals surface area contributed by atoms with Crippen molar-refractivity contribution in [2.24, 2.45) is 16.8 Å². The molecule has 4 aliphatic heterocycles. The molecule has 0 saturated carbocycles. The second-order valence-corrected chi connectivity index (χ2v) is 21.7. The molecule has 4 aromatic rings. The molecule has 0 radical (unpaired) electrons. The number of likely N-dealkylation sites (N-methyl/N-ethyl adjacent to an activating group) is 1. The number of aliphatic hydroxyl groups is 1. The maximum atomic E-state index is 14.7. The van der Waals surface area contributed by atoms with Crippen molar-refractivity contribution < 1.29 is 77.3 Å². The lowest BCUT2D eigenvalue weighted by Crippen LogP contribution is -2.63. The number of non-ortho nitro benzene ring substituents is 4. The number of nitrogens with zero attached hydrogens (tertiary/aromatic N) is 9. The van der Waals surface area contributed by atoms with E-state index in [2.05, 4.69) is 15.6 Å². The topological polar surface area (TPSA) is 399 Å². The summed E-state index contributed by atoms with van der Waals surface area (Å²) in [6.07, 6.45) is -4.18. The lowest BCUT2D eigenvalue weighted by molar-refractivity contribution is -0.385. The van der Waals surface area contributed by atoms with Crippen LogP contribution in [-0.2, 0) is 64.6 Å². The molecule has 0 spiro atoms. The largest absolute Gasteiger partial charge is 0.456 e. The standard InChI is InChI=1S/C54H55N11O20S/c1-30-45-44(31(2)66)49(69)61(45)46(50(70)82-26-32-4-12-37(13-5-32)62(74)75)47(30)86-41-22-42(60(24-41)54(73)85-29-35-10-18-40(19-11-35)65(80)81)48(68)59-21-20-36(23-59)55-43(67)25-58(3)51(56-52(71)83-27-33-6-14-38(15-7-33)63(76)77)57-53(72)84-28-34-8-16-39(17-9-34)64(78)79/h4-19,30-31,36,41-42,44-45,66H,20-29H2,1-3H3,(H,55,67)(H,56,57,71,72)/t30-,31-,36+,41+,42+,44-,45-/m1/s1. The molecular formula is C54H55N11O20S. The number of likely N-dealkylation sites (tertiary alicyclic amines) is 2. The van der Waals surface area contributed by atoms with Crippen LogP contribution in [0.2, 0.25) is 0 Å². The van der Waals surface area contributed by atoms with Crippen LogP contribution in [0.15, 0.2) is 113 Å². The van der Waals surface area contributed by atoms with Crippen molar-refractivity contribution in [2.45, 2.75) is 82.6 Å². The average molecular weight is 1210 g/mol. The summed E-state index contributed by atoms with van der Waals surface area (Å²) in [4.78, 5) is 148. The van der Waals surface area contributed by atoms with Crippen molar-refractivity contribution in [3.8, 4) is 0 Å². The molecule has 4 heterocycles. The van der Waals surface area contributed by atoms with Gasteiger partial charge in [0.05, 0.1) is 44.3 Å². The van der Waals surface area contributed by atoms with Gasteiger partial charge in [-0.2, -0.15) is 0 Å². The van der Waals surface area contributed by atoms with Crippen LogP contribution in [0.1, 0.15) is 48.9 Å². The van der Waals surface area contributed by atoms with E-state index < -0.39 is 122 Å². The van der Waals surface area contributed by atoms with Crippen LogP contribution in [0.4, 0.5) is 37.1 Å². The summed E-state index contributed by atoms with van der Waals surface area (Å²) in [5.41, 5.74) is 0.661.